The van der Waals surface area contributed by atoms with Gasteiger partial charge in [-0.15, -0.1) is 0 Å². The van der Waals surface area contributed by atoms with Gasteiger partial charge in [0.15, 0.2) is 0 Å². The molecular weight excluding hydrogens is 364 g/mol. The quantitative estimate of drug-likeness (QED) is 0.831. The number of nitrogens with one attached hydrogen (secondary N) is 2. The van der Waals surface area contributed by atoms with Gasteiger partial charge in [0.1, 0.15) is 11.4 Å². The molecular formula is C23H32N4O2. The van der Waals surface area contributed by atoms with Gasteiger partial charge in [0, 0.05) is 28.1 Å². The molecule has 0 aromatic carbocycles. The summed E-state index contributed by atoms with van der Waals surface area (Å²) in [5, 5.41) is 0. The van der Waals surface area contributed by atoms with Crippen LogP contribution in [0.25, 0.3) is 0 Å². The van der Waals surface area contributed by atoms with Crippen molar-refractivity contribution in [1.82, 2.24) is 19.9 Å². The van der Waals surface area contributed by atoms with Crippen LogP contribution in [0.3, 0.4) is 0 Å². The zero-order valence-corrected chi connectivity index (χ0v) is 18.2. The molecule has 0 bridgehead atoms. The van der Waals surface area contributed by atoms with Crippen molar-refractivity contribution in [1.29, 1.82) is 0 Å². The van der Waals surface area contributed by atoms with Crippen molar-refractivity contribution in [3.05, 3.63) is 54.9 Å². The van der Waals surface area contributed by atoms with E-state index >= 15 is 0 Å². The zero-order valence-electron chi connectivity index (χ0n) is 18.2. The molecule has 4 rings (SSSR count). The van der Waals surface area contributed by atoms with Crippen LogP contribution in [0.1, 0.15) is 100 Å². The summed E-state index contributed by atoms with van der Waals surface area (Å²) in [7, 11) is 0. The molecule has 1 unspecified atom stereocenters. The number of hydrogen-bond acceptors (Lipinski definition) is 4. The van der Waals surface area contributed by atoms with E-state index in [4.69, 9.17) is 9.97 Å². The molecule has 2 aromatic rings. The van der Waals surface area contributed by atoms with Crippen molar-refractivity contribution in [2.75, 3.05) is 0 Å². The van der Waals surface area contributed by atoms with Crippen LogP contribution in [0, 0.1) is 0 Å². The predicted molar refractivity (Wildman–Crippen MR) is 114 cm³/mol. The maximum absolute atomic E-state index is 12.8. The van der Waals surface area contributed by atoms with Crippen LogP contribution in [0.5, 0.6) is 0 Å². The van der Waals surface area contributed by atoms with Crippen molar-refractivity contribution in [2.24, 2.45) is 0 Å². The minimum Gasteiger partial charge on any atom is -0.323 e. The highest BCUT2D eigenvalue weighted by molar-refractivity contribution is 5.28. The van der Waals surface area contributed by atoms with Gasteiger partial charge >= 0.3 is 0 Å². The number of H-pyrrole nitrogens is 2. The number of hydrogen-bond donors (Lipinski definition) is 2. The van der Waals surface area contributed by atoms with Crippen molar-refractivity contribution >= 4 is 0 Å². The van der Waals surface area contributed by atoms with Crippen LogP contribution in [-0.4, -0.2) is 19.9 Å². The van der Waals surface area contributed by atoms with Gasteiger partial charge in [0.2, 0.25) is 0 Å². The standard InChI is InChI=1S/C23H32N4O2/c1-22(2,3)18-20(28)27-17-13(10-11-16(17)25-18)12-23(4,5)19-21(29)26-15-9-7-6-8-14(15)24-19/h13H,6-12H2,1-5H3,(H,26,29)(H,27,28). The summed E-state index contributed by atoms with van der Waals surface area (Å²) in [6.45, 7) is 10.2. The number of rotatable bonds is 3. The average Bonchev–Trinajstić information content (AvgIpc) is 3.00. The highest BCUT2D eigenvalue weighted by atomic mass is 16.1. The number of aromatic nitrogens is 4. The molecule has 0 radical (unpaired) electrons. The fourth-order valence-corrected chi connectivity index (χ4v) is 4.90. The lowest BCUT2D eigenvalue weighted by molar-refractivity contribution is 0.401. The molecule has 0 fully saturated rings. The minimum absolute atomic E-state index is 0.0661. The second kappa shape index (κ2) is 6.92. The van der Waals surface area contributed by atoms with Crippen molar-refractivity contribution in [3.63, 3.8) is 0 Å². The first-order chi connectivity index (χ1) is 13.6. The van der Waals surface area contributed by atoms with Gasteiger partial charge in [-0.1, -0.05) is 34.6 Å². The Labute approximate surface area is 171 Å². The summed E-state index contributed by atoms with van der Waals surface area (Å²) >= 11 is 0. The molecule has 2 N–H and O–H groups in total. The second-order valence-electron chi connectivity index (χ2n) is 10.4. The normalized spacial score (nSPS) is 19.1. The fourth-order valence-electron chi connectivity index (χ4n) is 4.90. The molecule has 6 nitrogen and oxygen atoms in total. The third-order valence-electron chi connectivity index (χ3n) is 6.43. The van der Waals surface area contributed by atoms with Crippen LogP contribution in [0.2, 0.25) is 0 Å². The summed E-state index contributed by atoms with van der Waals surface area (Å²) in [4.78, 5) is 41.2. The van der Waals surface area contributed by atoms with Gasteiger partial charge < -0.3 is 9.97 Å². The molecule has 2 aliphatic carbocycles. The molecule has 156 valence electrons. The molecule has 29 heavy (non-hydrogen) atoms. The van der Waals surface area contributed by atoms with E-state index in [2.05, 4.69) is 23.8 Å². The molecule has 0 spiro atoms. The molecule has 2 aliphatic rings. The zero-order chi connectivity index (χ0) is 21.0. The van der Waals surface area contributed by atoms with Crippen molar-refractivity contribution in [3.8, 4) is 0 Å². The Morgan fingerprint density at radius 1 is 0.862 bits per heavy atom. The van der Waals surface area contributed by atoms with Crippen LogP contribution < -0.4 is 11.1 Å². The first-order valence-corrected chi connectivity index (χ1v) is 10.8. The molecule has 1 atom stereocenters. The van der Waals surface area contributed by atoms with E-state index in [1.807, 2.05) is 20.8 Å². The van der Waals surface area contributed by atoms with Gasteiger partial charge in [-0.25, -0.2) is 9.97 Å². The average molecular weight is 397 g/mol. The van der Waals surface area contributed by atoms with Gasteiger partial charge in [-0.2, -0.15) is 0 Å². The predicted octanol–water partition coefficient (Wildman–Crippen LogP) is 3.43. The second-order valence-corrected chi connectivity index (χ2v) is 10.4. The molecule has 0 saturated heterocycles. The van der Waals surface area contributed by atoms with Gasteiger partial charge in [-0.3, -0.25) is 9.59 Å². The summed E-state index contributed by atoms with van der Waals surface area (Å²) < 4.78 is 0. The Bertz CT molecular complexity index is 1060. The minimum atomic E-state index is -0.383. The van der Waals surface area contributed by atoms with Crippen LogP contribution in [0.15, 0.2) is 9.59 Å². The van der Waals surface area contributed by atoms with Crippen LogP contribution in [-0.2, 0) is 30.1 Å². The number of aromatic amines is 2. The number of aryl methyl sites for hydroxylation is 3. The van der Waals surface area contributed by atoms with Gasteiger partial charge in [-0.05, 0) is 44.9 Å². The first-order valence-electron chi connectivity index (χ1n) is 10.8. The molecule has 2 aromatic heterocycles. The number of fused-ring (bicyclic) bond motifs is 2. The van der Waals surface area contributed by atoms with Gasteiger partial charge in [0.05, 0.1) is 11.4 Å². The van der Waals surface area contributed by atoms with Crippen LogP contribution >= 0.6 is 0 Å². The lowest BCUT2D eigenvalue weighted by Gasteiger charge is -2.28. The van der Waals surface area contributed by atoms with E-state index in [-0.39, 0.29) is 27.9 Å². The summed E-state index contributed by atoms with van der Waals surface area (Å²) in [6.07, 6.45) is 6.67. The lowest BCUT2D eigenvalue weighted by Crippen LogP contribution is -2.33. The Kier molecular flexibility index (Phi) is 4.79. The maximum atomic E-state index is 12.8. The largest absolute Gasteiger partial charge is 0.323 e. The summed E-state index contributed by atoms with van der Waals surface area (Å²) in [5.74, 6) is 0.187. The van der Waals surface area contributed by atoms with E-state index in [1.54, 1.807) is 0 Å². The van der Waals surface area contributed by atoms with Gasteiger partial charge in [0.25, 0.3) is 11.1 Å². The van der Waals surface area contributed by atoms with Crippen molar-refractivity contribution in [2.45, 2.75) is 96.3 Å². The summed E-state index contributed by atoms with van der Waals surface area (Å²) in [5.41, 5.74) is 4.41. The fraction of sp³-hybridized carbons (Fsp3) is 0.652. The van der Waals surface area contributed by atoms with E-state index < -0.39 is 0 Å². The highest BCUT2D eigenvalue weighted by Gasteiger charge is 2.36. The lowest BCUT2D eigenvalue weighted by atomic mass is 9.79. The SMILES string of the molecule is CC(C)(C)c1nc2c([nH]c1=O)C(CC(C)(C)c1nc3c([nH]c1=O)CCCC3)CC2. The molecule has 0 saturated carbocycles. The van der Waals surface area contributed by atoms with E-state index in [9.17, 15) is 9.59 Å². The van der Waals surface area contributed by atoms with Crippen molar-refractivity contribution < 1.29 is 0 Å². The maximum Gasteiger partial charge on any atom is 0.270 e. The molecule has 2 heterocycles. The highest BCUT2D eigenvalue weighted by Crippen LogP contribution is 2.40. The Morgan fingerprint density at radius 3 is 2.24 bits per heavy atom. The van der Waals surface area contributed by atoms with Crippen LogP contribution in [0.4, 0.5) is 0 Å². The molecule has 6 heteroatoms. The topological polar surface area (TPSA) is 91.5 Å². The summed E-state index contributed by atoms with van der Waals surface area (Å²) in [6, 6.07) is 0. The Hall–Kier alpha value is -2.24. The molecule has 0 amide bonds. The van der Waals surface area contributed by atoms with E-state index in [0.717, 1.165) is 67.7 Å². The first kappa shape index (κ1) is 20.0. The van der Waals surface area contributed by atoms with E-state index in [0.29, 0.717) is 11.4 Å². The molecule has 0 aliphatic heterocycles. The van der Waals surface area contributed by atoms with E-state index in [1.165, 1.54) is 0 Å². The number of nitrogens with zero attached hydrogens (tertiary/aromatic N) is 2. The third kappa shape index (κ3) is 3.69. The monoisotopic (exact) mass is 396 g/mol. The Morgan fingerprint density at radius 2 is 1.52 bits per heavy atom. The smallest absolute Gasteiger partial charge is 0.270 e. The third-order valence-corrected chi connectivity index (χ3v) is 6.43. The Balaban J connectivity index is 1.65.